The number of aromatic nitrogens is 2. The van der Waals surface area contributed by atoms with Gasteiger partial charge in [0.25, 0.3) is 0 Å². The SMILES string of the molecule is CC(C)(C)Cc1cc(-c2[c-]cccc2)ncc1[Si](C)(C)C.CC(C)(C)Cc1ccnc(-c2[c-]cc3sc4c(-c5ccccc5)cccc4c3c2)c1.[Ir]. The molecule has 7 rings (SSSR count). The Morgan fingerprint density at radius 1 is 0.673 bits per heavy atom. The molecule has 0 atom stereocenters. The van der Waals surface area contributed by atoms with Gasteiger partial charge < -0.3 is 9.97 Å². The first-order valence-electron chi connectivity index (χ1n) is 18.0. The molecule has 0 aliphatic carbocycles. The topological polar surface area (TPSA) is 25.8 Å². The van der Waals surface area contributed by atoms with Gasteiger partial charge in [0.15, 0.2) is 0 Å². The van der Waals surface area contributed by atoms with Gasteiger partial charge in [0.05, 0.1) is 8.07 Å². The van der Waals surface area contributed by atoms with Crippen molar-refractivity contribution in [1.29, 1.82) is 0 Å². The Morgan fingerprint density at radius 2 is 1.38 bits per heavy atom. The summed E-state index contributed by atoms with van der Waals surface area (Å²) in [4.78, 5) is 9.36. The summed E-state index contributed by atoms with van der Waals surface area (Å²) in [6.07, 6.45) is 6.17. The quantitative estimate of drug-likeness (QED) is 0.123. The second-order valence-electron chi connectivity index (χ2n) is 17.1. The molecule has 2 nitrogen and oxygen atoms in total. The number of rotatable bonds is 6. The van der Waals surface area contributed by atoms with Crippen LogP contribution in [0.1, 0.15) is 52.7 Å². The van der Waals surface area contributed by atoms with Crippen molar-refractivity contribution in [2.45, 2.75) is 74.0 Å². The van der Waals surface area contributed by atoms with Crippen LogP contribution in [-0.2, 0) is 32.9 Å². The van der Waals surface area contributed by atoms with Crippen LogP contribution in [0.15, 0.2) is 116 Å². The van der Waals surface area contributed by atoms with Crippen molar-refractivity contribution in [2.24, 2.45) is 10.8 Å². The van der Waals surface area contributed by atoms with Crippen LogP contribution < -0.4 is 5.19 Å². The maximum atomic E-state index is 4.71. The second kappa shape index (κ2) is 16.1. The third kappa shape index (κ3) is 9.82. The monoisotopic (exact) mass is 895 g/mol. The molecule has 0 aliphatic heterocycles. The summed E-state index contributed by atoms with van der Waals surface area (Å²) in [6.45, 7) is 20.9. The molecule has 4 aromatic carbocycles. The van der Waals surface area contributed by atoms with Crippen molar-refractivity contribution in [3.05, 3.63) is 139 Å². The Kier molecular flexibility index (Phi) is 12.2. The molecule has 7 aromatic rings. The standard InChI is InChI=1S/C28H24NS.C19H26NSi.Ir/c1-28(2,3)18-19-14-15-29-25(16-19)21-12-13-26-24(17-21)23-11-7-10-22(27(23)30-26)20-8-5-4-6-9-20;1-19(2,3)13-16-12-17(15-10-8-7-9-11-15)20-14-18(16)21(4,5)6;/h4-11,13-17H,18H2,1-3H3;7-10,12,14H,13H2,1-6H3;/q2*-1;. The van der Waals surface area contributed by atoms with E-state index in [-0.39, 0.29) is 30.9 Å². The molecular weight excluding hydrogens is 845 g/mol. The molecule has 52 heavy (non-hydrogen) atoms. The van der Waals surface area contributed by atoms with Gasteiger partial charge >= 0.3 is 0 Å². The van der Waals surface area contributed by atoms with Crippen LogP contribution in [0.4, 0.5) is 0 Å². The van der Waals surface area contributed by atoms with Crippen LogP contribution in [0.25, 0.3) is 53.8 Å². The molecule has 0 N–H and O–H groups in total. The van der Waals surface area contributed by atoms with Crippen LogP contribution in [0.2, 0.25) is 19.6 Å². The van der Waals surface area contributed by atoms with Crippen LogP contribution in [0.3, 0.4) is 0 Å². The Morgan fingerprint density at radius 3 is 2.06 bits per heavy atom. The van der Waals surface area contributed by atoms with Gasteiger partial charge in [0.2, 0.25) is 0 Å². The summed E-state index contributed by atoms with van der Waals surface area (Å²) in [5.41, 5.74) is 10.0. The van der Waals surface area contributed by atoms with E-state index >= 15 is 0 Å². The number of thiophene rings is 1. The van der Waals surface area contributed by atoms with E-state index in [1.54, 1.807) is 0 Å². The summed E-state index contributed by atoms with van der Waals surface area (Å²) in [5, 5.41) is 4.07. The molecule has 0 amide bonds. The summed E-state index contributed by atoms with van der Waals surface area (Å²) < 4.78 is 2.60. The number of fused-ring (bicyclic) bond motifs is 3. The summed E-state index contributed by atoms with van der Waals surface area (Å²) in [5.74, 6) is 0. The third-order valence-corrected chi connectivity index (χ3v) is 12.1. The third-order valence-electron chi connectivity index (χ3n) is 8.85. The van der Waals surface area contributed by atoms with E-state index in [0.717, 1.165) is 35.4 Å². The van der Waals surface area contributed by atoms with Crippen molar-refractivity contribution in [2.75, 3.05) is 0 Å². The molecule has 269 valence electrons. The molecule has 0 fully saturated rings. The van der Waals surface area contributed by atoms with Gasteiger partial charge in [-0.25, -0.2) is 0 Å². The average Bonchev–Trinajstić information content (AvgIpc) is 3.46. The maximum absolute atomic E-state index is 4.71. The van der Waals surface area contributed by atoms with Gasteiger partial charge in [-0.15, -0.1) is 59.7 Å². The average molecular weight is 895 g/mol. The van der Waals surface area contributed by atoms with Crippen molar-refractivity contribution >= 4 is 44.8 Å². The fourth-order valence-corrected chi connectivity index (χ4v) is 9.45. The molecular formula is C47H50IrN2SSi-2. The van der Waals surface area contributed by atoms with Gasteiger partial charge in [-0.05, 0) is 67.5 Å². The number of hydrogen-bond donors (Lipinski definition) is 0. The predicted octanol–water partition coefficient (Wildman–Crippen LogP) is 12.9. The van der Waals surface area contributed by atoms with E-state index < -0.39 is 8.07 Å². The zero-order chi connectivity index (χ0) is 36.4. The molecule has 3 aromatic heterocycles. The predicted molar refractivity (Wildman–Crippen MR) is 225 cm³/mol. The number of nitrogens with zero attached hydrogens (tertiary/aromatic N) is 2. The smallest absolute Gasteiger partial charge is 0.0798 e. The zero-order valence-electron chi connectivity index (χ0n) is 32.0. The zero-order valence-corrected chi connectivity index (χ0v) is 36.2. The maximum Gasteiger partial charge on any atom is 0.0798 e. The molecule has 3 heterocycles. The van der Waals surface area contributed by atoms with Gasteiger partial charge in [-0.1, -0.05) is 138 Å². The van der Waals surface area contributed by atoms with E-state index in [2.05, 4.69) is 169 Å². The van der Waals surface area contributed by atoms with E-state index in [1.807, 2.05) is 35.7 Å². The fraction of sp³-hybridized carbons (Fsp3) is 0.277. The van der Waals surface area contributed by atoms with Crippen LogP contribution in [-0.4, -0.2) is 18.0 Å². The first kappa shape index (κ1) is 39.5. The first-order valence-corrected chi connectivity index (χ1v) is 22.3. The minimum Gasteiger partial charge on any atom is -0.305 e. The molecule has 0 bridgehead atoms. The molecule has 5 heteroatoms. The molecule has 0 saturated heterocycles. The van der Waals surface area contributed by atoms with E-state index in [1.165, 1.54) is 47.6 Å². The Labute approximate surface area is 330 Å². The summed E-state index contributed by atoms with van der Waals surface area (Å²) >= 11 is 1.85. The Hall–Kier alpha value is -3.73. The second-order valence-corrected chi connectivity index (χ2v) is 23.1. The molecule has 0 spiro atoms. The number of benzene rings is 4. The summed E-state index contributed by atoms with van der Waals surface area (Å²) in [6, 6.07) is 43.1. The first-order chi connectivity index (χ1) is 24.1. The van der Waals surface area contributed by atoms with Crippen molar-refractivity contribution < 1.29 is 20.1 Å². The van der Waals surface area contributed by atoms with Crippen LogP contribution >= 0.6 is 11.3 Å². The van der Waals surface area contributed by atoms with E-state index in [9.17, 15) is 0 Å². The molecule has 1 radical (unpaired) electrons. The minimum atomic E-state index is -1.37. The number of hydrogen-bond acceptors (Lipinski definition) is 3. The fourth-order valence-electron chi connectivity index (χ4n) is 6.67. The minimum absolute atomic E-state index is 0. The van der Waals surface area contributed by atoms with Crippen LogP contribution in [0, 0.1) is 23.0 Å². The van der Waals surface area contributed by atoms with Gasteiger partial charge in [0.1, 0.15) is 0 Å². The van der Waals surface area contributed by atoms with Gasteiger partial charge in [0, 0.05) is 37.2 Å². The summed E-state index contributed by atoms with van der Waals surface area (Å²) in [7, 11) is -1.37. The van der Waals surface area contributed by atoms with Crippen LogP contribution in [0.5, 0.6) is 0 Å². The van der Waals surface area contributed by atoms with Crippen molar-refractivity contribution in [3.63, 3.8) is 0 Å². The largest absolute Gasteiger partial charge is 0.305 e. The Balaban J connectivity index is 0.000000210. The Bertz CT molecular complexity index is 2260. The molecule has 0 unspecified atom stereocenters. The van der Waals surface area contributed by atoms with E-state index in [4.69, 9.17) is 4.98 Å². The van der Waals surface area contributed by atoms with Crippen molar-refractivity contribution in [1.82, 2.24) is 9.97 Å². The van der Waals surface area contributed by atoms with Crippen molar-refractivity contribution in [3.8, 4) is 33.6 Å². The van der Waals surface area contributed by atoms with Gasteiger partial charge in [-0.2, -0.15) is 11.3 Å². The van der Waals surface area contributed by atoms with Gasteiger partial charge in [-0.3, -0.25) is 0 Å². The van der Waals surface area contributed by atoms with E-state index in [0.29, 0.717) is 0 Å². The molecule has 0 saturated carbocycles. The molecule has 0 aliphatic rings. The normalized spacial score (nSPS) is 11.9. The number of pyridine rings is 2.